The van der Waals surface area contributed by atoms with E-state index >= 15 is 0 Å². The van der Waals surface area contributed by atoms with E-state index in [0.29, 0.717) is 5.91 Å². The molecule has 2 heterocycles. The molecule has 0 spiro atoms. The topological polar surface area (TPSA) is 32.3 Å². The van der Waals surface area contributed by atoms with Crippen LogP contribution in [0.15, 0.2) is 0 Å². The smallest absolute Gasteiger partial charge is 0.228 e. The van der Waals surface area contributed by atoms with E-state index in [9.17, 15) is 4.79 Å². The van der Waals surface area contributed by atoms with Crippen molar-refractivity contribution in [1.29, 1.82) is 0 Å². The van der Waals surface area contributed by atoms with E-state index in [1.807, 2.05) is 4.90 Å². The molecule has 0 bridgehead atoms. The molecule has 0 aromatic carbocycles. The van der Waals surface area contributed by atoms with Gasteiger partial charge in [0.1, 0.15) is 0 Å². The summed E-state index contributed by atoms with van der Waals surface area (Å²) in [5, 5.41) is 3.13. The highest BCUT2D eigenvalue weighted by Gasteiger charge is 2.42. The Bertz CT molecular complexity index is 214. The van der Waals surface area contributed by atoms with E-state index in [2.05, 4.69) is 19.2 Å². The molecule has 2 rings (SSSR count). The fourth-order valence-corrected chi connectivity index (χ4v) is 1.76. The molecule has 4 heteroatoms. The van der Waals surface area contributed by atoms with Gasteiger partial charge in [-0.2, -0.15) is 0 Å². The van der Waals surface area contributed by atoms with E-state index in [1.165, 1.54) is 0 Å². The Morgan fingerprint density at radius 2 is 2.08 bits per heavy atom. The fourth-order valence-electron chi connectivity index (χ4n) is 1.76. The average Bonchev–Trinajstić information content (AvgIpc) is 1.81. The van der Waals surface area contributed by atoms with Crippen molar-refractivity contribution in [3.05, 3.63) is 0 Å². The van der Waals surface area contributed by atoms with E-state index in [0.717, 1.165) is 26.1 Å². The van der Waals surface area contributed by atoms with E-state index in [-0.39, 0.29) is 23.9 Å². The molecule has 13 heavy (non-hydrogen) atoms. The summed E-state index contributed by atoms with van der Waals surface area (Å²) in [7, 11) is 0. The number of nitrogens with one attached hydrogen (secondary N) is 1. The first-order valence-corrected chi connectivity index (χ1v) is 4.63. The number of amides is 1. The minimum Gasteiger partial charge on any atom is -0.337 e. The predicted octanol–water partition coefficient (Wildman–Crippen LogP) is 0.638. The van der Waals surface area contributed by atoms with Crippen molar-refractivity contribution in [2.45, 2.75) is 25.8 Å². The van der Waals surface area contributed by atoms with Crippen molar-refractivity contribution >= 4 is 18.3 Å². The largest absolute Gasteiger partial charge is 0.337 e. The Hall–Kier alpha value is -0.280. The monoisotopic (exact) mass is 204 g/mol. The van der Waals surface area contributed by atoms with Crippen molar-refractivity contribution in [3.8, 4) is 0 Å². The van der Waals surface area contributed by atoms with Crippen molar-refractivity contribution in [2.75, 3.05) is 19.6 Å². The third-order valence-corrected chi connectivity index (χ3v) is 3.07. The van der Waals surface area contributed by atoms with Crippen LogP contribution in [0.1, 0.15) is 20.3 Å². The summed E-state index contributed by atoms with van der Waals surface area (Å²) in [6.07, 6.45) is 1.15. The molecule has 0 unspecified atom stereocenters. The average molecular weight is 205 g/mol. The SMILES string of the molecule is CC1(C)CCN1C(=O)C1CNC1.Cl. The normalized spacial score (nSPS) is 25.5. The van der Waals surface area contributed by atoms with Crippen LogP contribution in [-0.2, 0) is 4.79 Å². The highest BCUT2D eigenvalue weighted by atomic mass is 35.5. The molecule has 3 nitrogen and oxygen atoms in total. The Labute approximate surface area is 85.3 Å². The molecular weight excluding hydrogens is 188 g/mol. The molecular formula is C9H17ClN2O. The van der Waals surface area contributed by atoms with Gasteiger partial charge in [0.05, 0.1) is 5.92 Å². The van der Waals surface area contributed by atoms with Gasteiger partial charge in [0.25, 0.3) is 0 Å². The summed E-state index contributed by atoms with van der Waals surface area (Å²) in [6.45, 7) is 7.00. The third kappa shape index (κ3) is 1.67. The van der Waals surface area contributed by atoms with Crippen LogP contribution < -0.4 is 5.32 Å². The molecule has 2 aliphatic rings. The Balaban J connectivity index is 0.000000845. The molecule has 0 saturated carbocycles. The van der Waals surface area contributed by atoms with Crippen molar-refractivity contribution in [3.63, 3.8) is 0 Å². The summed E-state index contributed by atoms with van der Waals surface area (Å²) in [5.74, 6) is 0.620. The maximum absolute atomic E-state index is 11.7. The lowest BCUT2D eigenvalue weighted by atomic mass is 9.86. The highest BCUT2D eigenvalue weighted by Crippen LogP contribution is 2.31. The Kier molecular flexibility index (Phi) is 2.88. The standard InChI is InChI=1S/C9H16N2O.ClH/c1-9(2)3-4-11(9)8(12)7-5-10-6-7;/h7,10H,3-6H2,1-2H3;1H. The van der Waals surface area contributed by atoms with Crippen molar-refractivity contribution in [1.82, 2.24) is 10.2 Å². The van der Waals surface area contributed by atoms with Gasteiger partial charge in [0, 0.05) is 25.2 Å². The second-order valence-electron chi connectivity index (χ2n) is 4.41. The number of rotatable bonds is 1. The van der Waals surface area contributed by atoms with Crippen LogP contribution in [0, 0.1) is 5.92 Å². The number of likely N-dealkylation sites (tertiary alicyclic amines) is 1. The molecule has 2 aliphatic heterocycles. The number of nitrogens with zero attached hydrogens (tertiary/aromatic N) is 1. The van der Waals surface area contributed by atoms with Gasteiger partial charge in [-0.25, -0.2) is 0 Å². The minimum atomic E-state index is 0. The number of hydrogen-bond acceptors (Lipinski definition) is 2. The summed E-state index contributed by atoms with van der Waals surface area (Å²) >= 11 is 0. The first kappa shape index (κ1) is 10.8. The van der Waals surface area contributed by atoms with Crippen LogP contribution in [0.5, 0.6) is 0 Å². The molecule has 1 N–H and O–H groups in total. The van der Waals surface area contributed by atoms with Crippen LogP contribution >= 0.6 is 12.4 Å². The zero-order valence-electron chi connectivity index (χ0n) is 8.17. The first-order valence-electron chi connectivity index (χ1n) is 4.63. The summed E-state index contributed by atoms with van der Waals surface area (Å²) in [6, 6.07) is 0. The van der Waals surface area contributed by atoms with Gasteiger partial charge in [-0.1, -0.05) is 0 Å². The lowest BCUT2D eigenvalue weighted by Gasteiger charge is -2.50. The summed E-state index contributed by atoms with van der Waals surface area (Å²) < 4.78 is 0. The van der Waals surface area contributed by atoms with Gasteiger partial charge in [0.15, 0.2) is 0 Å². The highest BCUT2D eigenvalue weighted by molar-refractivity contribution is 5.85. The molecule has 76 valence electrons. The summed E-state index contributed by atoms with van der Waals surface area (Å²) in [5.41, 5.74) is 0.132. The predicted molar refractivity (Wildman–Crippen MR) is 54.0 cm³/mol. The van der Waals surface area contributed by atoms with Gasteiger partial charge in [-0.3, -0.25) is 4.79 Å². The van der Waals surface area contributed by atoms with Gasteiger partial charge < -0.3 is 10.2 Å². The lowest BCUT2D eigenvalue weighted by Crippen LogP contribution is -2.63. The van der Waals surface area contributed by atoms with E-state index in [1.54, 1.807) is 0 Å². The van der Waals surface area contributed by atoms with Gasteiger partial charge in [0.2, 0.25) is 5.91 Å². The van der Waals surface area contributed by atoms with E-state index in [4.69, 9.17) is 0 Å². The fraction of sp³-hybridized carbons (Fsp3) is 0.889. The molecule has 0 atom stereocenters. The molecule has 1 amide bonds. The zero-order valence-corrected chi connectivity index (χ0v) is 8.99. The van der Waals surface area contributed by atoms with Gasteiger partial charge >= 0.3 is 0 Å². The quantitative estimate of drug-likeness (QED) is 0.680. The number of halogens is 1. The molecule has 2 saturated heterocycles. The Morgan fingerprint density at radius 3 is 2.31 bits per heavy atom. The lowest BCUT2D eigenvalue weighted by molar-refractivity contribution is -0.150. The van der Waals surface area contributed by atoms with Crippen molar-refractivity contribution < 1.29 is 4.79 Å². The number of hydrogen-bond donors (Lipinski definition) is 1. The summed E-state index contributed by atoms with van der Waals surface area (Å²) in [4.78, 5) is 13.7. The molecule has 0 aromatic rings. The molecule has 0 aliphatic carbocycles. The minimum absolute atomic E-state index is 0. The second kappa shape index (κ2) is 3.46. The first-order chi connectivity index (χ1) is 5.61. The van der Waals surface area contributed by atoms with Crippen LogP contribution in [0.4, 0.5) is 0 Å². The molecule has 0 aromatic heterocycles. The van der Waals surface area contributed by atoms with Gasteiger partial charge in [-0.05, 0) is 20.3 Å². The van der Waals surface area contributed by atoms with Crippen LogP contribution in [0.3, 0.4) is 0 Å². The number of carbonyl (C=O) groups is 1. The maximum Gasteiger partial charge on any atom is 0.228 e. The van der Waals surface area contributed by atoms with Crippen LogP contribution in [0.25, 0.3) is 0 Å². The van der Waals surface area contributed by atoms with Gasteiger partial charge in [-0.15, -0.1) is 12.4 Å². The van der Waals surface area contributed by atoms with Crippen molar-refractivity contribution in [2.24, 2.45) is 5.92 Å². The molecule has 0 radical (unpaired) electrons. The Morgan fingerprint density at radius 1 is 1.46 bits per heavy atom. The maximum atomic E-state index is 11.7. The molecule has 2 fully saturated rings. The number of carbonyl (C=O) groups excluding carboxylic acids is 1. The van der Waals surface area contributed by atoms with Crippen LogP contribution in [-0.4, -0.2) is 36.0 Å². The van der Waals surface area contributed by atoms with Crippen LogP contribution in [0.2, 0.25) is 0 Å². The third-order valence-electron chi connectivity index (χ3n) is 3.07. The second-order valence-corrected chi connectivity index (χ2v) is 4.41. The van der Waals surface area contributed by atoms with E-state index < -0.39 is 0 Å². The zero-order chi connectivity index (χ0) is 8.77.